The molecule has 2 N–H and O–H groups in total. The maximum absolute atomic E-state index is 5.74. The fourth-order valence-corrected chi connectivity index (χ4v) is 2.48. The fourth-order valence-electron chi connectivity index (χ4n) is 2.48. The van der Waals surface area contributed by atoms with E-state index < -0.39 is 0 Å². The van der Waals surface area contributed by atoms with Crippen molar-refractivity contribution >= 4 is 11.5 Å². The molecule has 0 saturated carbocycles. The Morgan fingerprint density at radius 1 is 1.30 bits per heavy atom. The van der Waals surface area contributed by atoms with Gasteiger partial charge >= 0.3 is 0 Å². The van der Waals surface area contributed by atoms with Crippen LogP contribution in [0, 0.1) is 17.8 Å². The molecular formula is C19H25N3O. The van der Waals surface area contributed by atoms with Crippen LogP contribution >= 0.6 is 0 Å². The van der Waals surface area contributed by atoms with Gasteiger partial charge in [0.2, 0.25) is 0 Å². The van der Waals surface area contributed by atoms with Crippen LogP contribution in [0.2, 0.25) is 0 Å². The van der Waals surface area contributed by atoms with Gasteiger partial charge in [-0.3, -0.25) is 0 Å². The molecule has 0 unspecified atom stereocenters. The Morgan fingerprint density at radius 2 is 2.17 bits per heavy atom. The van der Waals surface area contributed by atoms with Gasteiger partial charge in [-0.05, 0) is 50.3 Å². The first kappa shape index (κ1) is 17.2. The maximum atomic E-state index is 5.74. The zero-order valence-electron chi connectivity index (χ0n) is 14.0. The average molecular weight is 311 g/mol. The SMILES string of the molecule is CC#Cc1cccc(COCCCCC2=NN=C(N)[C@H](C)C2)c1. The molecule has 0 fully saturated rings. The Kier molecular flexibility index (Phi) is 6.83. The lowest BCUT2D eigenvalue weighted by Gasteiger charge is -2.15. The highest BCUT2D eigenvalue weighted by Crippen LogP contribution is 2.14. The van der Waals surface area contributed by atoms with Crippen molar-refractivity contribution in [2.45, 2.75) is 46.1 Å². The van der Waals surface area contributed by atoms with Crippen molar-refractivity contribution < 1.29 is 4.74 Å². The van der Waals surface area contributed by atoms with Crippen LogP contribution in [-0.4, -0.2) is 18.2 Å². The summed E-state index contributed by atoms with van der Waals surface area (Å²) in [5.41, 5.74) is 9.09. The first-order chi connectivity index (χ1) is 11.2. The van der Waals surface area contributed by atoms with Crippen LogP contribution in [0.5, 0.6) is 0 Å². The summed E-state index contributed by atoms with van der Waals surface area (Å²) in [5, 5.41) is 8.19. The number of nitrogens with zero attached hydrogens (tertiary/aromatic N) is 2. The van der Waals surface area contributed by atoms with Crippen LogP contribution in [0.1, 0.15) is 50.7 Å². The van der Waals surface area contributed by atoms with Gasteiger partial charge in [0.15, 0.2) is 0 Å². The molecule has 1 aliphatic rings. The lowest BCUT2D eigenvalue weighted by atomic mass is 9.99. The molecule has 1 atom stereocenters. The highest BCUT2D eigenvalue weighted by Gasteiger charge is 2.15. The number of ether oxygens (including phenoxy) is 1. The molecule has 4 heteroatoms. The molecule has 2 rings (SSSR count). The number of benzene rings is 1. The third-order valence-corrected chi connectivity index (χ3v) is 3.82. The van der Waals surface area contributed by atoms with Crippen LogP contribution in [0.4, 0.5) is 0 Å². The Hall–Kier alpha value is -2.12. The normalized spacial score (nSPS) is 17.0. The molecule has 1 aliphatic heterocycles. The van der Waals surface area contributed by atoms with E-state index in [0.717, 1.165) is 43.6 Å². The number of nitrogens with two attached hydrogens (primary N) is 1. The van der Waals surface area contributed by atoms with Crippen LogP contribution in [0.15, 0.2) is 34.5 Å². The molecular weight excluding hydrogens is 286 g/mol. The summed E-state index contributed by atoms with van der Waals surface area (Å²) in [7, 11) is 0. The predicted molar refractivity (Wildman–Crippen MR) is 95.3 cm³/mol. The van der Waals surface area contributed by atoms with Crippen molar-refractivity contribution in [2.24, 2.45) is 21.9 Å². The van der Waals surface area contributed by atoms with E-state index in [4.69, 9.17) is 10.5 Å². The summed E-state index contributed by atoms with van der Waals surface area (Å²) in [5.74, 6) is 6.94. The van der Waals surface area contributed by atoms with E-state index in [1.165, 1.54) is 5.56 Å². The topological polar surface area (TPSA) is 60.0 Å². The van der Waals surface area contributed by atoms with E-state index in [0.29, 0.717) is 18.4 Å². The Bertz CT molecular complexity index is 638. The minimum atomic E-state index is 0.317. The van der Waals surface area contributed by atoms with Crippen molar-refractivity contribution in [1.82, 2.24) is 0 Å². The number of unbranched alkanes of at least 4 members (excludes halogenated alkanes) is 1. The third kappa shape index (κ3) is 5.88. The molecule has 4 nitrogen and oxygen atoms in total. The summed E-state index contributed by atoms with van der Waals surface area (Å²) < 4.78 is 5.74. The zero-order chi connectivity index (χ0) is 16.5. The van der Waals surface area contributed by atoms with E-state index in [9.17, 15) is 0 Å². The molecule has 1 aromatic rings. The molecule has 0 aromatic heterocycles. The van der Waals surface area contributed by atoms with Crippen molar-refractivity contribution in [3.8, 4) is 11.8 Å². The summed E-state index contributed by atoms with van der Waals surface area (Å²) in [6.07, 6.45) is 4.01. The number of hydrogen-bond donors (Lipinski definition) is 1. The van der Waals surface area contributed by atoms with E-state index >= 15 is 0 Å². The summed E-state index contributed by atoms with van der Waals surface area (Å²) in [6.45, 7) is 5.34. The standard InChI is InChI=1S/C19H25N3O/c1-3-7-16-8-6-9-17(13-16)14-23-11-5-4-10-18-12-15(2)19(20)22-21-18/h6,8-9,13,15H,4-5,10-12,14H2,1-2H3,(H2,20,22)/t15-/m1/s1. The fraction of sp³-hybridized carbons (Fsp3) is 0.474. The number of hydrogen-bond acceptors (Lipinski definition) is 4. The van der Waals surface area contributed by atoms with Crippen LogP contribution < -0.4 is 5.73 Å². The van der Waals surface area contributed by atoms with E-state index in [1.54, 1.807) is 0 Å². The monoisotopic (exact) mass is 311 g/mol. The average Bonchev–Trinajstić information content (AvgIpc) is 2.55. The van der Waals surface area contributed by atoms with Gasteiger partial charge < -0.3 is 10.5 Å². The molecule has 0 saturated heterocycles. The Balaban J connectivity index is 1.63. The molecule has 0 bridgehead atoms. The van der Waals surface area contributed by atoms with Gasteiger partial charge in [0, 0.05) is 23.8 Å². The zero-order valence-corrected chi connectivity index (χ0v) is 14.0. The highest BCUT2D eigenvalue weighted by molar-refractivity contribution is 5.94. The first-order valence-electron chi connectivity index (χ1n) is 8.17. The number of rotatable bonds is 7. The molecule has 0 radical (unpaired) electrons. The highest BCUT2D eigenvalue weighted by atomic mass is 16.5. The van der Waals surface area contributed by atoms with Crippen molar-refractivity contribution in [3.63, 3.8) is 0 Å². The minimum Gasteiger partial charge on any atom is -0.385 e. The first-order valence-corrected chi connectivity index (χ1v) is 8.17. The summed E-state index contributed by atoms with van der Waals surface area (Å²) in [6, 6.07) is 8.19. The molecule has 0 amide bonds. The van der Waals surface area contributed by atoms with Crippen molar-refractivity contribution in [3.05, 3.63) is 35.4 Å². The van der Waals surface area contributed by atoms with E-state index in [2.05, 4.69) is 41.1 Å². The predicted octanol–water partition coefficient (Wildman–Crippen LogP) is 3.50. The maximum Gasteiger partial charge on any atom is 0.125 e. The lowest BCUT2D eigenvalue weighted by molar-refractivity contribution is 0.117. The van der Waals surface area contributed by atoms with Gasteiger partial charge in [-0.25, -0.2) is 0 Å². The molecule has 1 heterocycles. The van der Waals surface area contributed by atoms with E-state index in [-0.39, 0.29) is 0 Å². The molecule has 23 heavy (non-hydrogen) atoms. The Labute approximate surface area is 138 Å². The largest absolute Gasteiger partial charge is 0.385 e. The molecule has 1 aromatic carbocycles. The van der Waals surface area contributed by atoms with Gasteiger partial charge in [0.05, 0.1) is 6.61 Å². The Morgan fingerprint density at radius 3 is 2.96 bits per heavy atom. The third-order valence-electron chi connectivity index (χ3n) is 3.82. The van der Waals surface area contributed by atoms with Crippen molar-refractivity contribution in [2.75, 3.05) is 6.61 Å². The van der Waals surface area contributed by atoms with Crippen molar-refractivity contribution in [1.29, 1.82) is 0 Å². The van der Waals surface area contributed by atoms with E-state index in [1.807, 2.05) is 19.1 Å². The second-order valence-electron chi connectivity index (χ2n) is 5.88. The molecule has 0 aliphatic carbocycles. The van der Waals surface area contributed by atoms with Gasteiger partial charge in [-0.2, -0.15) is 5.10 Å². The quantitative estimate of drug-likeness (QED) is 0.619. The van der Waals surface area contributed by atoms with Gasteiger partial charge in [0.1, 0.15) is 5.84 Å². The molecule has 0 spiro atoms. The van der Waals surface area contributed by atoms with Gasteiger partial charge in [0.25, 0.3) is 0 Å². The van der Waals surface area contributed by atoms with Crippen LogP contribution in [0.3, 0.4) is 0 Å². The second kappa shape index (κ2) is 9.12. The number of amidine groups is 1. The smallest absolute Gasteiger partial charge is 0.125 e. The van der Waals surface area contributed by atoms with Gasteiger partial charge in [-0.1, -0.05) is 25.0 Å². The summed E-state index contributed by atoms with van der Waals surface area (Å²) >= 11 is 0. The van der Waals surface area contributed by atoms with Crippen LogP contribution in [-0.2, 0) is 11.3 Å². The summed E-state index contributed by atoms with van der Waals surface area (Å²) in [4.78, 5) is 0. The minimum absolute atomic E-state index is 0.317. The molecule has 122 valence electrons. The van der Waals surface area contributed by atoms with Crippen LogP contribution in [0.25, 0.3) is 0 Å². The van der Waals surface area contributed by atoms with Gasteiger partial charge in [-0.15, -0.1) is 11.0 Å². The lowest BCUT2D eigenvalue weighted by Crippen LogP contribution is -2.26. The second-order valence-corrected chi connectivity index (χ2v) is 5.88.